The van der Waals surface area contributed by atoms with E-state index in [-0.39, 0.29) is 5.76 Å². The highest BCUT2D eigenvalue weighted by atomic mass is 19.1. The topological polar surface area (TPSA) is 71.8 Å². The van der Waals surface area contributed by atoms with Gasteiger partial charge in [0.1, 0.15) is 18.0 Å². The fourth-order valence-corrected chi connectivity index (χ4v) is 2.74. The van der Waals surface area contributed by atoms with Crippen LogP contribution < -0.4 is 10.2 Å². The number of rotatable bonds is 3. The zero-order valence-corrected chi connectivity index (χ0v) is 13.0. The Morgan fingerprint density at radius 2 is 2.00 bits per heavy atom. The molecule has 6 nitrogen and oxygen atoms in total. The first-order valence-corrected chi connectivity index (χ1v) is 7.65. The predicted octanol–water partition coefficient (Wildman–Crippen LogP) is 3.78. The Kier molecular flexibility index (Phi) is 3.61. The third-order valence-corrected chi connectivity index (χ3v) is 3.91. The van der Waals surface area contributed by atoms with E-state index in [1.54, 1.807) is 24.3 Å². The maximum Gasteiger partial charge on any atom is 0.414 e. The normalized spacial score (nSPS) is 14.0. The Morgan fingerprint density at radius 1 is 1.16 bits per heavy atom. The van der Waals surface area contributed by atoms with Crippen molar-refractivity contribution in [3.8, 4) is 0 Å². The number of carbonyl (C=O) groups excluding carboxylic acids is 2. The van der Waals surface area contributed by atoms with Crippen LogP contribution in [-0.2, 0) is 4.74 Å². The zero-order valence-electron chi connectivity index (χ0n) is 13.0. The molecule has 2 amide bonds. The van der Waals surface area contributed by atoms with Gasteiger partial charge in [-0.3, -0.25) is 9.69 Å². The van der Waals surface area contributed by atoms with Gasteiger partial charge >= 0.3 is 6.09 Å². The van der Waals surface area contributed by atoms with Crippen LogP contribution in [0.3, 0.4) is 0 Å². The van der Waals surface area contributed by atoms with Gasteiger partial charge in [0.25, 0.3) is 5.91 Å². The van der Waals surface area contributed by atoms with Gasteiger partial charge in [-0.15, -0.1) is 0 Å². The lowest BCUT2D eigenvalue weighted by Crippen LogP contribution is -2.25. The van der Waals surface area contributed by atoms with Gasteiger partial charge in [-0.1, -0.05) is 12.1 Å². The zero-order chi connectivity index (χ0) is 17.4. The van der Waals surface area contributed by atoms with Crippen molar-refractivity contribution in [2.45, 2.75) is 0 Å². The number of nitrogens with one attached hydrogen (secondary N) is 1. The van der Waals surface area contributed by atoms with Crippen LogP contribution in [-0.4, -0.2) is 25.2 Å². The molecule has 7 heteroatoms. The molecule has 1 aromatic heterocycles. The first-order valence-electron chi connectivity index (χ1n) is 7.65. The van der Waals surface area contributed by atoms with Gasteiger partial charge in [-0.05, 0) is 36.4 Å². The van der Waals surface area contributed by atoms with Crippen LogP contribution >= 0.6 is 0 Å². The Hall–Kier alpha value is -3.35. The van der Waals surface area contributed by atoms with Crippen molar-refractivity contribution in [1.29, 1.82) is 0 Å². The number of para-hydroxylation sites is 2. The first-order chi connectivity index (χ1) is 12.1. The van der Waals surface area contributed by atoms with E-state index >= 15 is 0 Å². The number of amides is 2. The summed E-state index contributed by atoms with van der Waals surface area (Å²) in [5, 5.41) is 3.23. The molecule has 0 spiro atoms. The third-order valence-electron chi connectivity index (χ3n) is 3.91. The summed E-state index contributed by atoms with van der Waals surface area (Å²) in [6.07, 6.45) is -0.457. The number of benzene rings is 2. The van der Waals surface area contributed by atoms with Crippen molar-refractivity contribution in [2.75, 3.05) is 23.4 Å². The van der Waals surface area contributed by atoms with E-state index in [0.717, 1.165) is 0 Å². The lowest BCUT2D eigenvalue weighted by Gasteiger charge is -2.17. The fourth-order valence-electron chi connectivity index (χ4n) is 2.74. The quantitative estimate of drug-likeness (QED) is 0.787. The van der Waals surface area contributed by atoms with Gasteiger partial charge in [0.15, 0.2) is 5.76 Å². The number of furan rings is 1. The molecule has 0 saturated carbocycles. The maximum atomic E-state index is 13.3. The fraction of sp³-hybridized carbons (Fsp3) is 0.111. The lowest BCUT2D eigenvalue weighted by molar-refractivity contribution is 0.0998. The van der Waals surface area contributed by atoms with E-state index in [4.69, 9.17) is 9.15 Å². The molecule has 126 valence electrons. The van der Waals surface area contributed by atoms with Crippen LogP contribution in [0.4, 0.5) is 20.6 Å². The van der Waals surface area contributed by atoms with Crippen molar-refractivity contribution >= 4 is 34.3 Å². The monoisotopic (exact) mass is 340 g/mol. The molecule has 0 aliphatic carbocycles. The second-order valence-corrected chi connectivity index (χ2v) is 5.53. The minimum absolute atomic E-state index is 0.0550. The van der Waals surface area contributed by atoms with E-state index in [1.165, 1.54) is 29.2 Å². The minimum Gasteiger partial charge on any atom is -0.451 e. The molecule has 1 N–H and O–H groups in total. The molecule has 1 aliphatic rings. The molecule has 3 aromatic rings. The van der Waals surface area contributed by atoms with E-state index in [1.807, 2.05) is 0 Å². The van der Waals surface area contributed by atoms with Crippen molar-refractivity contribution in [3.63, 3.8) is 0 Å². The third kappa shape index (κ3) is 2.80. The molecule has 4 rings (SSSR count). The van der Waals surface area contributed by atoms with E-state index in [0.29, 0.717) is 35.5 Å². The summed E-state index contributed by atoms with van der Waals surface area (Å²) in [4.78, 5) is 25.7. The van der Waals surface area contributed by atoms with Gasteiger partial charge < -0.3 is 14.5 Å². The molecule has 0 atom stereocenters. The van der Waals surface area contributed by atoms with E-state index in [2.05, 4.69) is 5.32 Å². The van der Waals surface area contributed by atoms with Crippen LogP contribution in [0, 0.1) is 5.82 Å². The molecule has 1 saturated heterocycles. The lowest BCUT2D eigenvalue weighted by atomic mass is 10.2. The Bertz CT molecular complexity index is 982. The van der Waals surface area contributed by atoms with Crippen molar-refractivity contribution in [3.05, 3.63) is 60.1 Å². The highest BCUT2D eigenvalue weighted by Crippen LogP contribution is 2.29. The van der Waals surface area contributed by atoms with E-state index < -0.39 is 17.8 Å². The average molecular weight is 340 g/mol. The molecule has 0 unspecified atom stereocenters. The summed E-state index contributed by atoms with van der Waals surface area (Å²) in [6.45, 7) is 0.714. The van der Waals surface area contributed by atoms with Crippen molar-refractivity contribution < 1.29 is 23.1 Å². The summed E-state index contributed by atoms with van der Waals surface area (Å²) < 4.78 is 23.7. The van der Waals surface area contributed by atoms with Gasteiger partial charge in [0.2, 0.25) is 0 Å². The molecule has 1 aliphatic heterocycles. The van der Waals surface area contributed by atoms with E-state index in [9.17, 15) is 14.0 Å². The summed E-state index contributed by atoms with van der Waals surface area (Å²) in [6, 6.07) is 12.4. The van der Waals surface area contributed by atoms with Crippen molar-refractivity contribution in [2.24, 2.45) is 0 Å². The second kappa shape index (κ2) is 5.94. The number of ether oxygens (including phenoxy) is 1. The molecule has 0 radical (unpaired) electrons. The predicted molar refractivity (Wildman–Crippen MR) is 89.3 cm³/mol. The molecule has 0 bridgehead atoms. The summed E-state index contributed by atoms with van der Waals surface area (Å²) >= 11 is 0. The molecule has 1 fully saturated rings. The SMILES string of the molecule is O=C(Nc1ccccc1N1CCOC1=O)c1cc2cc(F)ccc2o1. The summed E-state index contributed by atoms with van der Waals surface area (Å²) in [7, 11) is 0. The highest BCUT2D eigenvalue weighted by molar-refractivity contribution is 6.07. The number of hydrogen-bond acceptors (Lipinski definition) is 4. The number of nitrogens with zero attached hydrogens (tertiary/aromatic N) is 1. The summed E-state index contributed by atoms with van der Waals surface area (Å²) in [5.74, 6) is -0.839. The second-order valence-electron chi connectivity index (χ2n) is 5.53. The van der Waals surface area contributed by atoms with Gasteiger partial charge in [-0.25, -0.2) is 9.18 Å². The highest BCUT2D eigenvalue weighted by Gasteiger charge is 2.26. The number of carbonyl (C=O) groups is 2. The minimum atomic E-state index is -0.489. The number of anilines is 2. The summed E-state index contributed by atoms with van der Waals surface area (Å²) in [5.41, 5.74) is 1.42. The molecular weight excluding hydrogens is 327 g/mol. The van der Waals surface area contributed by atoms with Gasteiger partial charge in [-0.2, -0.15) is 0 Å². The van der Waals surface area contributed by atoms with Gasteiger partial charge in [0, 0.05) is 5.39 Å². The number of cyclic esters (lactones) is 1. The van der Waals surface area contributed by atoms with Crippen LogP contribution in [0.5, 0.6) is 0 Å². The first kappa shape index (κ1) is 15.2. The smallest absolute Gasteiger partial charge is 0.414 e. The van der Waals surface area contributed by atoms with Crippen molar-refractivity contribution in [1.82, 2.24) is 0 Å². The van der Waals surface area contributed by atoms with Gasteiger partial charge in [0.05, 0.1) is 17.9 Å². The molecule has 2 heterocycles. The molecular formula is C18H13FN2O4. The number of hydrogen-bond donors (Lipinski definition) is 1. The van der Waals surface area contributed by atoms with Crippen LogP contribution in [0.2, 0.25) is 0 Å². The van der Waals surface area contributed by atoms with Crippen LogP contribution in [0.25, 0.3) is 11.0 Å². The Labute approximate surface area is 141 Å². The Morgan fingerprint density at radius 3 is 2.80 bits per heavy atom. The number of halogens is 1. The molecule has 25 heavy (non-hydrogen) atoms. The average Bonchev–Trinajstić information content (AvgIpc) is 3.21. The number of fused-ring (bicyclic) bond motifs is 1. The maximum absolute atomic E-state index is 13.3. The Balaban J connectivity index is 1.63. The standard InChI is InChI=1S/C18H13FN2O4/c19-12-5-6-15-11(9-12)10-16(25-15)17(22)20-13-3-1-2-4-14(13)21-7-8-24-18(21)23/h1-6,9-10H,7-8H2,(H,20,22). The van der Waals surface area contributed by atoms with Crippen LogP contribution in [0.15, 0.2) is 52.9 Å². The van der Waals surface area contributed by atoms with Crippen LogP contribution in [0.1, 0.15) is 10.6 Å². The largest absolute Gasteiger partial charge is 0.451 e. The molecule has 2 aromatic carbocycles.